The average molecular weight is 381 g/mol. The van der Waals surface area contributed by atoms with E-state index >= 15 is 0 Å². The van der Waals surface area contributed by atoms with Gasteiger partial charge in [-0.25, -0.2) is 22.7 Å². The van der Waals surface area contributed by atoms with E-state index in [1.54, 1.807) is 28.0 Å². The second kappa shape index (κ2) is 7.47. The molecule has 1 aliphatic heterocycles. The summed E-state index contributed by atoms with van der Waals surface area (Å²) in [4.78, 5) is 14.6. The number of sulfonamides is 1. The van der Waals surface area contributed by atoms with Crippen LogP contribution in [0.25, 0.3) is 10.6 Å². The van der Waals surface area contributed by atoms with E-state index in [9.17, 15) is 8.42 Å². The van der Waals surface area contributed by atoms with Gasteiger partial charge in [-0.3, -0.25) is 4.98 Å². The molecule has 0 unspecified atom stereocenters. The summed E-state index contributed by atoms with van der Waals surface area (Å²) >= 11 is 1.65. The summed E-state index contributed by atoms with van der Waals surface area (Å²) in [5.41, 5.74) is 1.69. The van der Waals surface area contributed by atoms with E-state index in [-0.39, 0.29) is 5.92 Å². The lowest BCUT2D eigenvalue weighted by atomic mass is 9.96. The maximum atomic E-state index is 11.8. The molecule has 0 aliphatic carbocycles. The highest BCUT2D eigenvalue weighted by atomic mass is 32.2. The third-order valence-corrected chi connectivity index (χ3v) is 6.63. The summed E-state index contributed by atoms with van der Waals surface area (Å²) in [6, 6.07) is 0. The van der Waals surface area contributed by atoms with E-state index in [0.717, 1.165) is 40.5 Å². The van der Waals surface area contributed by atoms with Gasteiger partial charge >= 0.3 is 0 Å². The Morgan fingerprint density at radius 1 is 1.32 bits per heavy atom. The molecule has 0 spiro atoms. The quantitative estimate of drug-likeness (QED) is 0.797. The minimum absolute atomic E-state index is 0.0963. The Balaban J connectivity index is 1.80. The fourth-order valence-electron chi connectivity index (χ4n) is 3.05. The first-order chi connectivity index (χ1) is 11.8. The van der Waals surface area contributed by atoms with Gasteiger partial charge in [-0.15, -0.1) is 11.3 Å². The van der Waals surface area contributed by atoms with Crippen molar-refractivity contribution >= 4 is 21.4 Å². The summed E-state index contributed by atoms with van der Waals surface area (Å²) in [5, 5.41) is 1.11. The van der Waals surface area contributed by atoms with Crippen LogP contribution in [-0.4, -0.2) is 47.0 Å². The molecule has 1 fully saturated rings. The maximum absolute atomic E-state index is 11.8. The highest BCUT2D eigenvalue weighted by molar-refractivity contribution is 7.88. The van der Waals surface area contributed by atoms with Crippen LogP contribution in [0.4, 0.5) is 0 Å². The van der Waals surface area contributed by atoms with Crippen LogP contribution in [0.3, 0.4) is 0 Å². The number of rotatable bonds is 5. The lowest BCUT2D eigenvalue weighted by Crippen LogP contribution is -2.38. The van der Waals surface area contributed by atoms with Crippen molar-refractivity contribution in [1.82, 2.24) is 19.3 Å². The first kappa shape index (κ1) is 18.4. The van der Waals surface area contributed by atoms with Crippen molar-refractivity contribution in [3.8, 4) is 10.6 Å². The summed E-state index contributed by atoms with van der Waals surface area (Å²) in [6.07, 6.45) is 9.39. The Kier molecular flexibility index (Phi) is 5.50. The molecule has 0 aromatic carbocycles. The second-order valence-corrected chi connectivity index (χ2v) is 10.1. The summed E-state index contributed by atoms with van der Waals surface area (Å²) in [6.45, 7) is 5.43. The van der Waals surface area contributed by atoms with Crippen LogP contribution < -0.4 is 0 Å². The number of hydrogen-bond acceptors (Lipinski definition) is 6. The normalized spacial score (nSPS) is 19.4. The first-order valence-corrected chi connectivity index (χ1v) is 11.2. The third kappa shape index (κ3) is 4.62. The third-order valence-electron chi connectivity index (χ3n) is 4.31. The molecule has 2 aromatic heterocycles. The molecule has 8 heteroatoms. The molecule has 0 saturated carbocycles. The van der Waals surface area contributed by atoms with Crippen LogP contribution in [0.1, 0.15) is 43.3 Å². The van der Waals surface area contributed by atoms with Crippen molar-refractivity contribution in [2.24, 2.45) is 5.92 Å². The molecular weight excluding hydrogens is 356 g/mol. The molecule has 1 saturated heterocycles. The van der Waals surface area contributed by atoms with Crippen LogP contribution in [0.2, 0.25) is 0 Å². The van der Waals surface area contributed by atoms with Gasteiger partial charge in [0.25, 0.3) is 0 Å². The van der Waals surface area contributed by atoms with Crippen LogP contribution in [0, 0.1) is 5.92 Å². The van der Waals surface area contributed by atoms with Crippen molar-refractivity contribution in [2.45, 2.75) is 39.0 Å². The van der Waals surface area contributed by atoms with Gasteiger partial charge in [-0.1, -0.05) is 13.8 Å². The van der Waals surface area contributed by atoms with Crippen molar-refractivity contribution in [3.63, 3.8) is 0 Å². The fraction of sp³-hybridized carbons (Fsp3) is 0.588. The van der Waals surface area contributed by atoms with Gasteiger partial charge in [0.1, 0.15) is 5.69 Å². The number of hydrogen-bond donors (Lipinski definition) is 0. The van der Waals surface area contributed by atoms with Crippen LogP contribution >= 0.6 is 11.3 Å². The Bertz CT molecular complexity index is 833. The molecule has 6 nitrogen and oxygen atoms in total. The minimum atomic E-state index is -3.16. The van der Waals surface area contributed by atoms with Gasteiger partial charge in [0, 0.05) is 37.8 Å². The zero-order chi connectivity index (χ0) is 18.0. The second-order valence-electron chi connectivity index (χ2n) is 7.01. The van der Waals surface area contributed by atoms with Gasteiger partial charge in [-0.05, 0) is 18.8 Å². The zero-order valence-electron chi connectivity index (χ0n) is 14.8. The summed E-state index contributed by atoms with van der Waals surface area (Å²) < 4.78 is 25.2. The van der Waals surface area contributed by atoms with Gasteiger partial charge in [0.2, 0.25) is 10.0 Å². The Morgan fingerprint density at radius 3 is 2.84 bits per heavy atom. The van der Waals surface area contributed by atoms with E-state index in [0.29, 0.717) is 19.0 Å². The standard InChI is InChI=1S/C17H24N4O2S2/c1-12(2)7-17-19-10-16(24-17)15-9-18-8-14(20-15)13-5-4-6-21(11-13)25(3,22)23/h8-10,12-13H,4-7,11H2,1-3H3/t13-/m0/s1. The van der Waals surface area contributed by atoms with Crippen molar-refractivity contribution in [3.05, 3.63) is 29.3 Å². The zero-order valence-corrected chi connectivity index (χ0v) is 16.5. The maximum Gasteiger partial charge on any atom is 0.211 e. The van der Waals surface area contributed by atoms with Crippen LogP contribution in [-0.2, 0) is 16.4 Å². The largest absolute Gasteiger partial charge is 0.261 e. The molecule has 2 aromatic rings. The number of thiazole rings is 1. The van der Waals surface area contributed by atoms with E-state index < -0.39 is 10.0 Å². The Morgan fingerprint density at radius 2 is 2.12 bits per heavy atom. The average Bonchev–Trinajstić information content (AvgIpc) is 3.02. The molecule has 1 aliphatic rings. The summed E-state index contributed by atoms with van der Waals surface area (Å²) in [7, 11) is -3.16. The van der Waals surface area contributed by atoms with Crippen LogP contribution in [0.15, 0.2) is 18.6 Å². The number of piperidine rings is 1. The fourth-order valence-corrected chi connectivity index (χ4v) is 5.05. The molecule has 0 amide bonds. The molecule has 0 bridgehead atoms. The predicted octanol–water partition coefficient (Wildman–Crippen LogP) is 2.94. The minimum Gasteiger partial charge on any atom is -0.261 e. The smallest absolute Gasteiger partial charge is 0.211 e. The van der Waals surface area contributed by atoms with E-state index in [4.69, 9.17) is 4.98 Å². The van der Waals surface area contributed by atoms with E-state index in [1.165, 1.54) is 6.26 Å². The van der Waals surface area contributed by atoms with Gasteiger partial charge in [-0.2, -0.15) is 0 Å². The Hall–Kier alpha value is -1.38. The molecular formula is C17H24N4O2S2. The van der Waals surface area contributed by atoms with Gasteiger partial charge in [0.05, 0.1) is 28.0 Å². The van der Waals surface area contributed by atoms with E-state index in [2.05, 4.69) is 23.8 Å². The van der Waals surface area contributed by atoms with Crippen molar-refractivity contribution < 1.29 is 8.42 Å². The Labute approximate surface area is 153 Å². The summed E-state index contributed by atoms with van der Waals surface area (Å²) in [5.74, 6) is 0.666. The SMILES string of the molecule is CC(C)Cc1ncc(-c2cncc([C@H]3CCCN(S(C)(=O)=O)C3)n2)s1. The number of aromatic nitrogens is 3. The molecule has 25 heavy (non-hydrogen) atoms. The molecule has 0 N–H and O–H groups in total. The molecule has 136 valence electrons. The number of nitrogens with zero attached hydrogens (tertiary/aromatic N) is 4. The van der Waals surface area contributed by atoms with Crippen molar-refractivity contribution in [1.29, 1.82) is 0 Å². The predicted molar refractivity (Wildman–Crippen MR) is 100 cm³/mol. The first-order valence-electron chi connectivity index (χ1n) is 8.55. The van der Waals surface area contributed by atoms with Crippen LogP contribution in [0.5, 0.6) is 0 Å². The molecule has 1 atom stereocenters. The highest BCUT2D eigenvalue weighted by Gasteiger charge is 2.28. The van der Waals surface area contributed by atoms with Gasteiger partial charge in [0.15, 0.2) is 0 Å². The van der Waals surface area contributed by atoms with Crippen molar-refractivity contribution in [2.75, 3.05) is 19.3 Å². The molecule has 3 heterocycles. The molecule has 3 rings (SSSR count). The lowest BCUT2D eigenvalue weighted by Gasteiger charge is -2.30. The topological polar surface area (TPSA) is 76.1 Å². The lowest BCUT2D eigenvalue weighted by molar-refractivity contribution is 0.314. The van der Waals surface area contributed by atoms with Gasteiger partial charge < -0.3 is 0 Å². The highest BCUT2D eigenvalue weighted by Crippen LogP contribution is 2.30. The van der Waals surface area contributed by atoms with E-state index in [1.807, 2.05) is 6.20 Å². The monoisotopic (exact) mass is 380 g/mol. The molecule has 0 radical (unpaired) electrons.